The van der Waals surface area contributed by atoms with Crippen molar-refractivity contribution in [2.45, 2.75) is 13.3 Å². The molecule has 3 nitrogen and oxygen atoms in total. The van der Waals surface area contributed by atoms with Gasteiger partial charge in [0.1, 0.15) is 0 Å². The Morgan fingerprint density at radius 3 is 2.86 bits per heavy atom. The maximum atomic E-state index is 9.21. The molecular weight excluding hydrogens is 174 g/mol. The second kappa shape index (κ2) is 3.52. The smallest absolute Gasteiger partial charge is 0.0675 e. The molecule has 3 heteroatoms. The van der Waals surface area contributed by atoms with Crippen LogP contribution in [0.3, 0.4) is 0 Å². The third-order valence-corrected chi connectivity index (χ3v) is 4.15. The monoisotopic (exact) mass is 193 g/mol. The van der Waals surface area contributed by atoms with Gasteiger partial charge in [0.2, 0.25) is 0 Å². The van der Waals surface area contributed by atoms with Crippen LogP contribution in [0.2, 0.25) is 0 Å². The van der Waals surface area contributed by atoms with E-state index in [1.807, 2.05) is 0 Å². The highest BCUT2D eigenvalue weighted by Gasteiger charge is 2.49. The number of hydrogen-bond acceptors (Lipinski definition) is 3. The van der Waals surface area contributed by atoms with Crippen molar-refractivity contribution in [3.63, 3.8) is 0 Å². The number of nitriles is 1. The van der Waals surface area contributed by atoms with Crippen LogP contribution in [0.1, 0.15) is 13.3 Å². The standard InChI is InChI=1S/C11H19N3/c1-9-6-13-7-10(5-12)11(9)3-4-14(2)8-11/h9-10,13H,3-4,6-8H2,1-2H3. The van der Waals surface area contributed by atoms with Crippen molar-refractivity contribution in [2.24, 2.45) is 17.3 Å². The quantitative estimate of drug-likeness (QED) is 0.615. The van der Waals surface area contributed by atoms with E-state index < -0.39 is 0 Å². The normalized spacial score (nSPS) is 44.1. The van der Waals surface area contributed by atoms with Crippen molar-refractivity contribution in [2.75, 3.05) is 33.2 Å². The van der Waals surface area contributed by atoms with Crippen LogP contribution in [-0.2, 0) is 0 Å². The van der Waals surface area contributed by atoms with Gasteiger partial charge in [-0.3, -0.25) is 0 Å². The second-order valence-corrected chi connectivity index (χ2v) is 4.96. The average molecular weight is 193 g/mol. The highest BCUT2D eigenvalue weighted by atomic mass is 15.1. The minimum absolute atomic E-state index is 0.205. The summed E-state index contributed by atoms with van der Waals surface area (Å²) in [5.74, 6) is 0.835. The predicted octanol–water partition coefficient (Wildman–Crippen LogP) is 0.687. The van der Waals surface area contributed by atoms with E-state index in [1.165, 1.54) is 6.42 Å². The molecule has 2 heterocycles. The molecule has 2 aliphatic heterocycles. The zero-order valence-electron chi connectivity index (χ0n) is 9.08. The van der Waals surface area contributed by atoms with E-state index in [9.17, 15) is 5.26 Å². The van der Waals surface area contributed by atoms with Gasteiger partial charge < -0.3 is 10.2 Å². The zero-order chi connectivity index (χ0) is 10.2. The van der Waals surface area contributed by atoms with E-state index in [0.29, 0.717) is 5.92 Å². The van der Waals surface area contributed by atoms with Gasteiger partial charge in [-0.25, -0.2) is 0 Å². The summed E-state index contributed by atoms with van der Waals surface area (Å²) in [5, 5.41) is 12.6. The molecule has 0 aromatic carbocycles. The Hall–Kier alpha value is -0.590. The molecule has 0 aromatic rings. The molecule has 0 aliphatic carbocycles. The Bertz CT molecular complexity index is 258. The number of rotatable bonds is 0. The summed E-state index contributed by atoms with van der Waals surface area (Å²) < 4.78 is 0. The highest BCUT2D eigenvalue weighted by Crippen LogP contribution is 2.45. The first-order valence-electron chi connectivity index (χ1n) is 5.48. The van der Waals surface area contributed by atoms with Gasteiger partial charge in [-0.1, -0.05) is 6.92 Å². The number of nitrogens with zero attached hydrogens (tertiary/aromatic N) is 2. The third kappa shape index (κ3) is 1.34. The van der Waals surface area contributed by atoms with Gasteiger partial charge in [-0.2, -0.15) is 5.26 Å². The Morgan fingerprint density at radius 1 is 1.50 bits per heavy atom. The molecule has 0 saturated carbocycles. The summed E-state index contributed by atoms with van der Waals surface area (Å²) in [5.41, 5.74) is 0.273. The summed E-state index contributed by atoms with van der Waals surface area (Å²) in [6.45, 7) is 6.51. The molecule has 3 unspecified atom stereocenters. The van der Waals surface area contributed by atoms with Crippen LogP contribution in [0.25, 0.3) is 0 Å². The van der Waals surface area contributed by atoms with Crippen LogP contribution in [0.5, 0.6) is 0 Å². The molecule has 2 aliphatic rings. The molecule has 1 spiro atoms. The van der Waals surface area contributed by atoms with Crippen LogP contribution < -0.4 is 5.32 Å². The predicted molar refractivity (Wildman–Crippen MR) is 55.7 cm³/mol. The summed E-state index contributed by atoms with van der Waals surface area (Å²) in [7, 11) is 2.16. The first-order chi connectivity index (χ1) is 6.69. The SMILES string of the molecule is CC1CNCC(C#N)C12CCN(C)C2. The van der Waals surface area contributed by atoms with Crippen molar-refractivity contribution in [1.29, 1.82) is 5.26 Å². The molecule has 0 amide bonds. The Labute approximate surface area is 86.1 Å². The van der Waals surface area contributed by atoms with Crippen molar-refractivity contribution in [3.05, 3.63) is 0 Å². The topological polar surface area (TPSA) is 39.1 Å². The highest BCUT2D eigenvalue weighted by molar-refractivity contribution is 5.08. The number of piperidine rings is 1. The van der Waals surface area contributed by atoms with Crippen LogP contribution >= 0.6 is 0 Å². The number of nitrogens with one attached hydrogen (secondary N) is 1. The maximum absolute atomic E-state index is 9.21. The molecule has 14 heavy (non-hydrogen) atoms. The van der Waals surface area contributed by atoms with Crippen LogP contribution in [0.15, 0.2) is 0 Å². The lowest BCUT2D eigenvalue weighted by atomic mass is 9.65. The summed E-state index contributed by atoms with van der Waals surface area (Å²) in [4.78, 5) is 2.37. The molecule has 78 valence electrons. The van der Waals surface area contributed by atoms with Crippen molar-refractivity contribution >= 4 is 0 Å². The van der Waals surface area contributed by atoms with Crippen molar-refractivity contribution < 1.29 is 0 Å². The number of likely N-dealkylation sites (tertiary alicyclic amines) is 1. The van der Waals surface area contributed by atoms with Crippen LogP contribution in [0.4, 0.5) is 0 Å². The lowest BCUT2D eigenvalue weighted by Crippen LogP contribution is -2.51. The summed E-state index contributed by atoms with van der Waals surface area (Å²) in [6.07, 6.45) is 1.20. The third-order valence-electron chi connectivity index (χ3n) is 4.15. The average Bonchev–Trinajstić information content (AvgIpc) is 2.55. The summed E-state index contributed by atoms with van der Waals surface area (Å²) in [6, 6.07) is 2.50. The van der Waals surface area contributed by atoms with E-state index in [-0.39, 0.29) is 11.3 Å². The van der Waals surface area contributed by atoms with E-state index in [2.05, 4.69) is 30.3 Å². The first-order valence-corrected chi connectivity index (χ1v) is 5.48. The molecule has 0 radical (unpaired) electrons. The lowest BCUT2D eigenvalue weighted by molar-refractivity contribution is 0.0879. The van der Waals surface area contributed by atoms with Gasteiger partial charge in [0.15, 0.2) is 0 Å². The van der Waals surface area contributed by atoms with E-state index in [4.69, 9.17) is 0 Å². The largest absolute Gasteiger partial charge is 0.315 e. The molecule has 3 atom stereocenters. The summed E-state index contributed by atoms with van der Waals surface area (Å²) >= 11 is 0. The van der Waals surface area contributed by atoms with Gasteiger partial charge in [0.05, 0.1) is 12.0 Å². The minimum Gasteiger partial charge on any atom is -0.315 e. The number of hydrogen-bond donors (Lipinski definition) is 1. The molecule has 2 saturated heterocycles. The first kappa shape index (κ1) is 9.95. The molecule has 0 aromatic heterocycles. The van der Waals surface area contributed by atoms with Gasteiger partial charge in [-0.05, 0) is 32.5 Å². The fraction of sp³-hybridized carbons (Fsp3) is 0.909. The maximum Gasteiger partial charge on any atom is 0.0675 e. The van der Waals surface area contributed by atoms with E-state index >= 15 is 0 Å². The molecule has 2 rings (SSSR count). The van der Waals surface area contributed by atoms with Crippen molar-refractivity contribution in [3.8, 4) is 6.07 Å². The molecule has 2 fully saturated rings. The Balaban J connectivity index is 2.23. The van der Waals surface area contributed by atoms with E-state index in [0.717, 1.165) is 26.2 Å². The van der Waals surface area contributed by atoms with Gasteiger partial charge >= 0.3 is 0 Å². The van der Waals surface area contributed by atoms with E-state index in [1.54, 1.807) is 0 Å². The fourth-order valence-corrected chi connectivity index (χ4v) is 3.11. The van der Waals surface area contributed by atoms with Crippen LogP contribution in [0, 0.1) is 28.6 Å². The molecule has 1 N–H and O–H groups in total. The van der Waals surface area contributed by atoms with Gasteiger partial charge in [-0.15, -0.1) is 0 Å². The van der Waals surface area contributed by atoms with Gasteiger partial charge in [0, 0.05) is 18.5 Å². The Morgan fingerprint density at radius 2 is 2.29 bits per heavy atom. The Kier molecular flexibility index (Phi) is 2.50. The molecule has 0 bridgehead atoms. The van der Waals surface area contributed by atoms with Gasteiger partial charge in [0.25, 0.3) is 0 Å². The fourth-order valence-electron chi connectivity index (χ4n) is 3.11. The van der Waals surface area contributed by atoms with Crippen LogP contribution in [-0.4, -0.2) is 38.1 Å². The lowest BCUT2D eigenvalue weighted by Gasteiger charge is -2.43. The molecular formula is C11H19N3. The second-order valence-electron chi connectivity index (χ2n) is 4.96. The minimum atomic E-state index is 0.205. The zero-order valence-corrected chi connectivity index (χ0v) is 9.08. The van der Waals surface area contributed by atoms with Crippen molar-refractivity contribution in [1.82, 2.24) is 10.2 Å².